The van der Waals surface area contributed by atoms with Crippen LogP contribution in [0, 0.1) is 0 Å². The van der Waals surface area contributed by atoms with Crippen LogP contribution in [0.4, 0.5) is 0 Å². The zero-order chi connectivity index (χ0) is 44.0. The van der Waals surface area contributed by atoms with Crippen molar-refractivity contribution < 1.29 is 61.4 Å². The molecule has 4 aromatic rings. The normalized spacial score (nSPS) is 28.9. The summed E-state index contributed by atoms with van der Waals surface area (Å²) in [5.41, 5.74) is 1.66. The van der Waals surface area contributed by atoms with Gasteiger partial charge in [0.2, 0.25) is 0 Å². The molecule has 3 heterocycles. The Hall–Kier alpha value is -4.04. The molecule has 330 valence electrons. The summed E-state index contributed by atoms with van der Waals surface area (Å²) in [6, 6.07) is 35.0. The zero-order valence-corrected chi connectivity index (χ0v) is 38.7. The largest absolute Gasteiger partial charge is 0.459 e. The van der Waals surface area contributed by atoms with Gasteiger partial charge in [-0.1, -0.05) is 128 Å². The van der Waals surface area contributed by atoms with E-state index in [0.29, 0.717) is 5.56 Å². The van der Waals surface area contributed by atoms with Gasteiger partial charge in [0.1, 0.15) is 31.0 Å². The van der Waals surface area contributed by atoms with E-state index in [4.69, 9.17) is 47.1 Å². The number of ether oxygens (including phenoxy) is 9. The van der Waals surface area contributed by atoms with Crippen LogP contribution in [0.3, 0.4) is 0 Å². The summed E-state index contributed by atoms with van der Waals surface area (Å²) in [5, 5.41) is -0.163. The van der Waals surface area contributed by atoms with E-state index in [1.165, 1.54) is 7.11 Å². The van der Waals surface area contributed by atoms with E-state index in [0.717, 1.165) is 5.56 Å². The molecule has 0 bridgehead atoms. The molecular weight excluding hydrogens is 927 g/mol. The van der Waals surface area contributed by atoms with E-state index in [2.05, 4.69) is 56.5 Å². The maximum Gasteiger partial charge on any atom is 0.338 e. The summed E-state index contributed by atoms with van der Waals surface area (Å²) in [5.74, 6) is -2.06. The Labute approximate surface area is 376 Å². The lowest BCUT2D eigenvalue weighted by molar-refractivity contribution is -0.359. The monoisotopic (exact) mass is 980 g/mol. The molecule has 1 unspecified atom stereocenters. The molecule has 0 radical (unpaired) electrons. The topological polar surface area (TPSA) is 144 Å². The Balaban J connectivity index is 1.26. The summed E-state index contributed by atoms with van der Waals surface area (Å²) < 4.78 is 64.0. The minimum atomic E-state index is -2.48. The summed E-state index contributed by atoms with van der Waals surface area (Å²) in [6.07, 6.45) is -9.96. The van der Waals surface area contributed by atoms with E-state index in [-0.39, 0.29) is 29.4 Å². The van der Waals surface area contributed by atoms with Crippen LogP contribution in [-0.2, 0) is 47.1 Å². The fraction of sp³-hybridized carbons (Fsp3) is 0.426. The number of esters is 3. The fourth-order valence-corrected chi connectivity index (χ4v) is 9.69. The van der Waals surface area contributed by atoms with Crippen LogP contribution >= 0.6 is 22.6 Å². The molecule has 3 aliphatic rings. The SMILES string of the molecule is CO[C@H]1O[C@H](COC(=O)c2ccccc2)[C@@H](O[C@@H]2O[C@@H]3COC(c4ccccc4)O[C@H]3[C@H](O[Si](C)(C)C(C)(C)C)[C@H]2I)[C@H](OC(=O)c2ccccc2)[C@H]1OC(=O)c1ccccc1. The third-order valence-corrected chi connectivity index (χ3v) is 17.4. The highest BCUT2D eigenvalue weighted by molar-refractivity contribution is 14.1. The second-order valence-electron chi connectivity index (χ2n) is 16.8. The van der Waals surface area contributed by atoms with Crippen molar-refractivity contribution in [1.29, 1.82) is 0 Å². The van der Waals surface area contributed by atoms with Gasteiger partial charge in [0, 0.05) is 12.7 Å². The number of rotatable bonds is 13. The first-order valence-electron chi connectivity index (χ1n) is 20.6. The third kappa shape index (κ3) is 10.7. The first-order chi connectivity index (χ1) is 29.7. The van der Waals surface area contributed by atoms with Crippen LogP contribution in [0.2, 0.25) is 18.1 Å². The quantitative estimate of drug-likeness (QED) is 0.0419. The van der Waals surface area contributed by atoms with Crippen LogP contribution in [-0.4, -0.2) is 106 Å². The first-order valence-corrected chi connectivity index (χ1v) is 24.8. The van der Waals surface area contributed by atoms with Crippen molar-refractivity contribution >= 4 is 48.8 Å². The van der Waals surface area contributed by atoms with Crippen molar-refractivity contribution in [2.45, 2.75) is 104 Å². The lowest BCUT2D eigenvalue weighted by Gasteiger charge is -2.52. The number of alkyl halides is 1. The molecule has 0 saturated carbocycles. The molecule has 0 N–H and O–H groups in total. The molecule has 0 aromatic heterocycles. The minimum Gasteiger partial charge on any atom is -0.459 e. The van der Waals surface area contributed by atoms with Gasteiger partial charge in [0.15, 0.2) is 39.4 Å². The number of carbonyl (C=O) groups is 3. The summed E-state index contributed by atoms with van der Waals surface area (Å²) >= 11 is 2.27. The van der Waals surface area contributed by atoms with E-state index in [9.17, 15) is 14.4 Å². The predicted molar refractivity (Wildman–Crippen MR) is 237 cm³/mol. The van der Waals surface area contributed by atoms with E-state index < -0.39 is 91.7 Å². The molecule has 7 rings (SSSR count). The van der Waals surface area contributed by atoms with Crippen molar-refractivity contribution in [3.05, 3.63) is 144 Å². The molecule has 62 heavy (non-hydrogen) atoms. The van der Waals surface area contributed by atoms with E-state index >= 15 is 0 Å². The van der Waals surface area contributed by atoms with Crippen molar-refractivity contribution in [1.82, 2.24) is 0 Å². The molecule has 13 nitrogen and oxygen atoms in total. The lowest BCUT2D eigenvalue weighted by atomic mass is 9.96. The smallest absolute Gasteiger partial charge is 0.338 e. The van der Waals surface area contributed by atoms with Crippen molar-refractivity contribution in [2.75, 3.05) is 20.3 Å². The van der Waals surface area contributed by atoms with Gasteiger partial charge < -0.3 is 47.1 Å². The molecular formula is C47H53IO13Si. The Bertz CT molecular complexity index is 2090. The number of hydrogen-bond acceptors (Lipinski definition) is 13. The Morgan fingerprint density at radius 1 is 0.661 bits per heavy atom. The third-order valence-electron chi connectivity index (χ3n) is 11.6. The van der Waals surface area contributed by atoms with Crippen LogP contribution in [0.1, 0.15) is 63.7 Å². The minimum absolute atomic E-state index is 0.152. The highest BCUT2D eigenvalue weighted by atomic mass is 127. The van der Waals surface area contributed by atoms with Crippen LogP contribution in [0.15, 0.2) is 121 Å². The second kappa shape index (κ2) is 20.2. The fourth-order valence-electron chi connectivity index (χ4n) is 7.21. The van der Waals surface area contributed by atoms with Gasteiger partial charge in [-0.15, -0.1) is 0 Å². The standard InChI is InChI=1S/C47H53IO13Si/c1-47(2,3)62(5,6)61-38-35(48)45(55-34-28-54-44(59-36(34)38)32-25-17-10-18-26-32)60-37-33(27-53-41(49)29-19-11-7-12-20-29)56-46(52-4)40(58-43(51)31-23-15-9-16-24-31)39(37)57-42(50)30-21-13-8-14-22-30/h7-26,33-40,44-46H,27-28H2,1-6H3/t33-,34-,35-,36-,37-,38-,39+,40-,44?,45+,46+/m1/s1. The van der Waals surface area contributed by atoms with Crippen LogP contribution < -0.4 is 0 Å². The van der Waals surface area contributed by atoms with Crippen molar-refractivity contribution in [3.63, 3.8) is 0 Å². The molecule has 3 fully saturated rings. The Morgan fingerprint density at radius 3 is 1.71 bits per heavy atom. The first kappa shape index (κ1) is 46.0. The number of hydrogen-bond donors (Lipinski definition) is 0. The maximum absolute atomic E-state index is 14.0. The van der Waals surface area contributed by atoms with E-state index in [1.54, 1.807) is 91.0 Å². The summed E-state index contributed by atoms with van der Waals surface area (Å²) in [6.45, 7) is 10.6. The zero-order valence-electron chi connectivity index (χ0n) is 35.5. The molecule has 3 saturated heterocycles. The summed E-state index contributed by atoms with van der Waals surface area (Å²) in [4.78, 5) is 41.2. The highest BCUT2D eigenvalue weighted by Crippen LogP contribution is 2.44. The predicted octanol–water partition coefficient (Wildman–Crippen LogP) is 8.08. The van der Waals surface area contributed by atoms with Gasteiger partial charge in [-0.3, -0.25) is 0 Å². The lowest BCUT2D eigenvalue weighted by Crippen LogP contribution is -2.67. The number of methoxy groups -OCH3 is 1. The van der Waals surface area contributed by atoms with Gasteiger partial charge in [0.05, 0.1) is 33.3 Å². The van der Waals surface area contributed by atoms with Gasteiger partial charge in [0.25, 0.3) is 0 Å². The average Bonchev–Trinajstić information content (AvgIpc) is 3.28. The molecule has 4 aromatic carbocycles. The van der Waals surface area contributed by atoms with Crippen molar-refractivity contribution in [2.24, 2.45) is 0 Å². The highest BCUT2D eigenvalue weighted by Gasteiger charge is 2.57. The molecule has 3 aliphatic heterocycles. The molecule has 0 aliphatic carbocycles. The molecule has 11 atom stereocenters. The van der Waals surface area contributed by atoms with Gasteiger partial charge in [-0.05, 0) is 54.5 Å². The number of carbonyl (C=O) groups excluding carboxylic acids is 3. The van der Waals surface area contributed by atoms with Crippen LogP contribution in [0.25, 0.3) is 0 Å². The van der Waals surface area contributed by atoms with E-state index in [1.807, 2.05) is 30.3 Å². The van der Waals surface area contributed by atoms with Gasteiger partial charge >= 0.3 is 17.9 Å². The number of benzene rings is 4. The van der Waals surface area contributed by atoms with Gasteiger partial charge in [-0.2, -0.15) is 0 Å². The molecule has 15 heteroatoms. The maximum atomic E-state index is 14.0. The summed E-state index contributed by atoms with van der Waals surface area (Å²) in [7, 11) is -1.10. The van der Waals surface area contributed by atoms with Gasteiger partial charge in [-0.25, -0.2) is 14.4 Å². The molecule has 0 spiro atoms. The number of fused-ring (bicyclic) bond motifs is 1. The number of halogens is 1. The van der Waals surface area contributed by atoms with Crippen LogP contribution in [0.5, 0.6) is 0 Å². The average molecular weight is 981 g/mol. The van der Waals surface area contributed by atoms with Crippen molar-refractivity contribution in [3.8, 4) is 0 Å². The molecule has 0 amide bonds. The Morgan fingerprint density at radius 2 is 1.18 bits per heavy atom. The Kier molecular flexibility index (Phi) is 15.0. The second-order valence-corrected chi connectivity index (χ2v) is 23.0.